The molecule has 3 rings (SSSR count). The Morgan fingerprint density at radius 3 is 2.50 bits per heavy atom. The molecule has 0 radical (unpaired) electrons. The van der Waals surface area contributed by atoms with Crippen LogP contribution < -0.4 is 0 Å². The molecule has 1 aliphatic rings. The number of likely N-dealkylation sites (tertiary alicyclic amines) is 1. The van der Waals surface area contributed by atoms with Crippen LogP contribution in [0.2, 0.25) is 0 Å². The number of nitrogens with zero attached hydrogens (tertiary/aromatic N) is 3. The quantitative estimate of drug-likeness (QED) is 0.719. The zero-order valence-electron chi connectivity index (χ0n) is 16.2. The minimum atomic E-state index is -0.974. The second kappa shape index (κ2) is 7.63. The van der Waals surface area contributed by atoms with Crippen LogP contribution in [0, 0.1) is 24.0 Å². The number of aromatic nitrogens is 2. The number of hydrogen-bond acceptors (Lipinski definition) is 3. The van der Waals surface area contributed by atoms with Gasteiger partial charge in [0.15, 0.2) is 11.6 Å². The van der Waals surface area contributed by atoms with Gasteiger partial charge in [-0.1, -0.05) is 5.92 Å². The average Bonchev–Trinajstić information content (AvgIpc) is 3.12. The molecule has 1 amide bonds. The van der Waals surface area contributed by atoms with Crippen molar-refractivity contribution in [3.05, 3.63) is 41.7 Å². The first-order valence-corrected chi connectivity index (χ1v) is 9.16. The molecule has 148 valence electrons. The van der Waals surface area contributed by atoms with Crippen LogP contribution in [0.25, 0.3) is 11.1 Å². The van der Waals surface area contributed by atoms with Gasteiger partial charge in [0.05, 0.1) is 12.2 Å². The molecule has 0 atom stereocenters. The normalized spacial score (nSPS) is 15.4. The summed E-state index contributed by atoms with van der Waals surface area (Å²) in [5.74, 6) is 0.461. The summed E-state index contributed by atoms with van der Waals surface area (Å²) in [6, 6.07) is 2.21. The highest BCUT2D eigenvalue weighted by molar-refractivity contribution is 5.70. The highest BCUT2D eigenvalue weighted by Gasteiger charge is 2.28. The SMILES string of the molecule is C#Cc1cc(F)c(F)cc1-c1cnn(C2CCN(C(=O)OC(C)(C)C)CC2)c1. The van der Waals surface area contributed by atoms with Gasteiger partial charge in [-0.25, -0.2) is 13.6 Å². The van der Waals surface area contributed by atoms with Gasteiger partial charge in [0.2, 0.25) is 0 Å². The Balaban J connectivity index is 1.70. The zero-order valence-corrected chi connectivity index (χ0v) is 16.2. The van der Waals surface area contributed by atoms with Crippen LogP contribution in [0.3, 0.4) is 0 Å². The van der Waals surface area contributed by atoms with E-state index in [1.165, 1.54) is 0 Å². The van der Waals surface area contributed by atoms with Gasteiger partial charge in [-0.15, -0.1) is 6.42 Å². The monoisotopic (exact) mass is 387 g/mol. The molecule has 0 N–H and O–H groups in total. The number of terminal acetylenes is 1. The van der Waals surface area contributed by atoms with Gasteiger partial charge in [-0.3, -0.25) is 4.68 Å². The molecular weight excluding hydrogens is 364 g/mol. The maximum Gasteiger partial charge on any atom is 0.410 e. The Hall–Kier alpha value is -2.88. The van der Waals surface area contributed by atoms with Gasteiger partial charge in [-0.05, 0) is 45.7 Å². The molecule has 0 aliphatic carbocycles. The van der Waals surface area contributed by atoms with Crippen molar-refractivity contribution in [2.45, 2.75) is 45.3 Å². The van der Waals surface area contributed by atoms with E-state index in [1.54, 1.807) is 22.0 Å². The molecule has 1 aromatic carbocycles. The molecule has 5 nitrogen and oxygen atoms in total. The summed E-state index contributed by atoms with van der Waals surface area (Å²) in [7, 11) is 0. The second-order valence-corrected chi connectivity index (χ2v) is 7.86. The van der Waals surface area contributed by atoms with Crippen molar-refractivity contribution >= 4 is 6.09 Å². The number of carbonyl (C=O) groups excluding carboxylic acids is 1. The number of piperidine rings is 1. The van der Waals surface area contributed by atoms with E-state index in [0.29, 0.717) is 24.2 Å². The average molecular weight is 387 g/mol. The molecule has 0 bridgehead atoms. The van der Waals surface area contributed by atoms with Crippen LogP contribution in [0.15, 0.2) is 24.5 Å². The summed E-state index contributed by atoms with van der Waals surface area (Å²) in [4.78, 5) is 13.9. The van der Waals surface area contributed by atoms with E-state index in [4.69, 9.17) is 11.2 Å². The van der Waals surface area contributed by atoms with Crippen LogP contribution in [0.5, 0.6) is 0 Å². The summed E-state index contributed by atoms with van der Waals surface area (Å²) in [5.41, 5.74) is 0.808. The number of hydrogen-bond donors (Lipinski definition) is 0. The predicted molar refractivity (Wildman–Crippen MR) is 102 cm³/mol. The first kappa shape index (κ1) is 19.9. The summed E-state index contributed by atoms with van der Waals surface area (Å²) >= 11 is 0. The molecule has 2 aromatic rings. The molecule has 1 aliphatic heterocycles. The first-order chi connectivity index (χ1) is 13.2. The topological polar surface area (TPSA) is 47.4 Å². The largest absolute Gasteiger partial charge is 0.444 e. The number of halogens is 2. The molecule has 0 saturated carbocycles. The zero-order chi connectivity index (χ0) is 20.5. The Kier molecular flexibility index (Phi) is 5.41. The lowest BCUT2D eigenvalue weighted by Gasteiger charge is -2.33. The van der Waals surface area contributed by atoms with Gasteiger partial charge in [0.1, 0.15) is 5.60 Å². The van der Waals surface area contributed by atoms with Crippen LogP contribution in [0.4, 0.5) is 13.6 Å². The lowest BCUT2D eigenvalue weighted by atomic mass is 10.0. The number of benzene rings is 1. The number of carbonyl (C=O) groups is 1. The smallest absolute Gasteiger partial charge is 0.410 e. The van der Waals surface area contributed by atoms with Gasteiger partial charge in [0.25, 0.3) is 0 Å². The molecule has 0 spiro atoms. The van der Waals surface area contributed by atoms with Gasteiger partial charge in [-0.2, -0.15) is 5.10 Å². The maximum absolute atomic E-state index is 13.7. The lowest BCUT2D eigenvalue weighted by Crippen LogP contribution is -2.42. The van der Waals surface area contributed by atoms with Crippen molar-refractivity contribution < 1.29 is 18.3 Å². The first-order valence-electron chi connectivity index (χ1n) is 9.16. The van der Waals surface area contributed by atoms with Crippen LogP contribution >= 0.6 is 0 Å². The summed E-state index contributed by atoms with van der Waals surface area (Å²) < 4.78 is 34.3. The summed E-state index contributed by atoms with van der Waals surface area (Å²) in [6.07, 6.45) is 9.93. The Morgan fingerprint density at radius 1 is 1.25 bits per heavy atom. The highest BCUT2D eigenvalue weighted by Crippen LogP contribution is 2.29. The van der Waals surface area contributed by atoms with Gasteiger partial charge >= 0.3 is 6.09 Å². The van der Waals surface area contributed by atoms with Crippen molar-refractivity contribution in [1.29, 1.82) is 0 Å². The van der Waals surface area contributed by atoms with E-state index in [9.17, 15) is 13.6 Å². The number of ether oxygens (including phenoxy) is 1. The Bertz CT molecular complexity index is 917. The predicted octanol–water partition coefficient (Wildman–Crippen LogP) is 4.38. The minimum absolute atomic E-state index is 0.104. The third kappa shape index (κ3) is 4.33. The van der Waals surface area contributed by atoms with Crippen molar-refractivity contribution in [3.63, 3.8) is 0 Å². The van der Waals surface area contributed by atoms with E-state index in [2.05, 4.69) is 11.0 Å². The van der Waals surface area contributed by atoms with Crippen LogP contribution in [-0.4, -0.2) is 39.5 Å². The van der Waals surface area contributed by atoms with E-state index >= 15 is 0 Å². The second-order valence-electron chi connectivity index (χ2n) is 7.86. The van der Waals surface area contributed by atoms with Gasteiger partial charge in [0, 0.05) is 36.0 Å². The van der Waals surface area contributed by atoms with Crippen molar-refractivity contribution in [2.24, 2.45) is 0 Å². The van der Waals surface area contributed by atoms with Crippen molar-refractivity contribution in [2.75, 3.05) is 13.1 Å². The van der Waals surface area contributed by atoms with Crippen LogP contribution in [-0.2, 0) is 4.74 Å². The summed E-state index contributed by atoms with van der Waals surface area (Å²) in [5, 5.41) is 4.37. The highest BCUT2D eigenvalue weighted by atomic mass is 19.2. The van der Waals surface area contributed by atoms with E-state index in [-0.39, 0.29) is 17.7 Å². The fraction of sp³-hybridized carbons (Fsp3) is 0.429. The number of amides is 1. The molecule has 1 fully saturated rings. The molecule has 7 heteroatoms. The fourth-order valence-electron chi connectivity index (χ4n) is 3.22. The molecule has 28 heavy (non-hydrogen) atoms. The molecule has 1 aromatic heterocycles. The van der Waals surface area contributed by atoms with E-state index in [1.807, 2.05) is 20.8 Å². The summed E-state index contributed by atoms with van der Waals surface area (Å²) in [6.45, 7) is 6.65. The lowest BCUT2D eigenvalue weighted by molar-refractivity contribution is 0.0185. The standard InChI is InChI=1S/C21H23F2N3O2/c1-5-14-10-18(22)19(23)11-17(14)15-12-24-26(13-15)16-6-8-25(9-7-16)20(27)28-21(2,3)4/h1,10-13,16H,6-9H2,2-4H3. The van der Waals surface area contributed by atoms with Crippen molar-refractivity contribution in [1.82, 2.24) is 14.7 Å². The van der Waals surface area contributed by atoms with Gasteiger partial charge < -0.3 is 9.64 Å². The third-order valence-electron chi connectivity index (χ3n) is 4.62. The van der Waals surface area contributed by atoms with Crippen molar-refractivity contribution in [3.8, 4) is 23.5 Å². The molecule has 1 saturated heterocycles. The molecular formula is C21H23F2N3O2. The Labute approximate surface area is 163 Å². The maximum atomic E-state index is 13.7. The van der Waals surface area contributed by atoms with Crippen LogP contribution in [0.1, 0.15) is 45.2 Å². The molecule has 2 heterocycles. The Morgan fingerprint density at radius 2 is 1.89 bits per heavy atom. The molecule has 0 unspecified atom stereocenters. The minimum Gasteiger partial charge on any atom is -0.444 e. The third-order valence-corrected chi connectivity index (χ3v) is 4.62. The van der Waals surface area contributed by atoms with E-state index < -0.39 is 17.2 Å². The number of rotatable bonds is 2. The fourth-order valence-corrected chi connectivity index (χ4v) is 3.22. The van der Waals surface area contributed by atoms with E-state index in [0.717, 1.165) is 25.0 Å².